The van der Waals surface area contributed by atoms with E-state index in [9.17, 15) is 18.4 Å². The number of aliphatic imine (C=N–C) groups is 1. The standard InChI is InChI=1S/C30H30Cl2F3N7O2/c1-7-15(5)27(25(37-6)14(3)4)42-29-16(28(39-30(42)44)41-11-9-40(10-12-41)18(43)8-2)13-17(33)26(38-29)19-20(31)22(34)23(35)24(36)21(19)32/h7-8,13-14H,1-2,9-12,36H2,3-6H3/b27-15+,37-25?. The monoisotopic (exact) mass is 647 g/mol. The lowest BCUT2D eigenvalue weighted by Gasteiger charge is -2.35. The van der Waals surface area contributed by atoms with Gasteiger partial charge in [0, 0.05) is 38.8 Å². The average molecular weight is 649 g/mol. The summed E-state index contributed by atoms with van der Waals surface area (Å²) in [4.78, 5) is 42.6. The number of carbonyl (C=O) groups excluding carboxylic acids is 1. The first-order chi connectivity index (χ1) is 20.8. The highest BCUT2D eigenvalue weighted by Gasteiger charge is 2.30. The maximum atomic E-state index is 16.0. The molecule has 1 amide bonds. The minimum Gasteiger partial charge on any atom is -0.395 e. The van der Waals surface area contributed by atoms with E-state index in [1.165, 1.54) is 16.7 Å². The normalized spacial score (nSPS) is 14.7. The number of hydrogen-bond acceptors (Lipinski definition) is 7. The van der Waals surface area contributed by atoms with Gasteiger partial charge in [-0.25, -0.2) is 27.5 Å². The number of hydrogen-bond donors (Lipinski definition) is 1. The van der Waals surface area contributed by atoms with E-state index < -0.39 is 50.1 Å². The molecule has 2 N–H and O–H groups in total. The smallest absolute Gasteiger partial charge is 0.355 e. The Kier molecular flexibility index (Phi) is 9.55. The Bertz CT molecular complexity index is 1800. The van der Waals surface area contributed by atoms with Gasteiger partial charge in [0.1, 0.15) is 17.3 Å². The number of amides is 1. The zero-order valence-electron chi connectivity index (χ0n) is 24.5. The Morgan fingerprint density at radius 2 is 1.70 bits per heavy atom. The molecule has 3 aromatic rings. The van der Waals surface area contributed by atoms with Gasteiger partial charge >= 0.3 is 5.69 Å². The fourth-order valence-electron chi connectivity index (χ4n) is 5.08. The molecule has 0 radical (unpaired) electrons. The van der Waals surface area contributed by atoms with Crippen molar-refractivity contribution in [3.8, 4) is 11.3 Å². The lowest BCUT2D eigenvalue weighted by molar-refractivity contribution is -0.126. The molecule has 0 saturated carbocycles. The number of carbonyl (C=O) groups is 1. The minimum atomic E-state index is -1.53. The highest BCUT2D eigenvalue weighted by molar-refractivity contribution is 6.41. The van der Waals surface area contributed by atoms with E-state index in [-0.39, 0.29) is 41.8 Å². The highest BCUT2D eigenvalue weighted by atomic mass is 35.5. The molecule has 0 spiro atoms. The number of fused-ring (bicyclic) bond motifs is 1. The number of halogens is 5. The molecule has 14 heteroatoms. The van der Waals surface area contributed by atoms with Crippen LogP contribution >= 0.6 is 23.2 Å². The number of nitrogens with zero attached hydrogens (tertiary/aromatic N) is 6. The number of nitrogen functional groups attached to an aromatic ring is 1. The number of nitrogens with two attached hydrogens (primary N) is 1. The zero-order chi connectivity index (χ0) is 32.6. The molecule has 9 nitrogen and oxygen atoms in total. The fraction of sp³-hybridized carbons (Fsp3) is 0.300. The van der Waals surface area contributed by atoms with Gasteiger partial charge < -0.3 is 15.5 Å². The summed E-state index contributed by atoms with van der Waals surface area (Å²) in [5.74, 6) is -4.36. The van der Waals surface area contributed by atoms with E-state index in [4.69, 9.17) is 28.9 Å². The third-order valence-corrected chi connectivity index (χ3v) is 8.08. The molecule has 1 aliphatic rings. The summed E-state index contributed by atoms with van der Waals surface area (Å²) in [6.45, 7) is 14.0. The van der Waals surface area contributed by atoms with Gasteiger partial charge in [-0.15, -0.1) is 0 Å². The van der Waals surface area contributed by atoms with Crippen molar-refractivity contribution in [3.63, 3.8) is 0 Å². The van der Waals surface area contributed by atoms with Crippen molar-refractivity contribution in [1.82, 2.24) is 19.4 Å². The van der Waals surface area contributed by atoms with Crippen molar-refractivity contribution in [2.24, 2.45) is 10.9 Å². The van der Waals surface area contributed by atoms with Crippen molar-refractivity contribution < 1.29 is 18.0 Å². The topological polar surface area (TPSA) is 110 Å². The van der Waals surface area contributed by atoms with Crippen molar-refractivity contribution in [3.05, 3.63) is 74.9 Å². The molecule has 44 heavy (non-hydrogen) atoms. The molecule has 1 aliphatic heterocycles. The van der Waals surface area contributed by atoms with Crippen LogP contribution in [-0.4, -0.2) is 64.3 Å². The predicted molar refractivity (Wildman–Crippen MR) is 170 cm³/mol. The molecule has 232 valence electrons. The van der Waals surface area contributed by atoms with Crippen LogP contribution in [0.2, 0.25) is 10.0 Å². The average Bonchev–Trinajstić information content (AvgIpc) is 3.01. The van der Waals surface area contributed by atoms with Crippen molar-refractivity contribution in [1.29, 1.82) is 0 Å². The predicted octanol–water partition coefficient (Wildman–Crippen LogP) is 5.74. The Morgan fingerprint density at radius 1 is 1.07 bits per heavy atom. The van der Waals surface area contributed by atoms with Crippen LogP contribution in [0.4, 0.5) is 24.7 Å². The van der Waals surface area contributed by atoms with Crippen LogP contribution in [0.1, 0.15) is 20.8 Å². The molecule has 1 saturated heterocycles. The maximum absolute atomic E-state index is 16.0. The second-order valence-electron chi connectivity index (χ2n) is 10.3. The number of allylic oxidation sites excluding steroid dienone is 3. The fourth-order valence-corrected chi connectivity index (χ4v) is 5.66. The SMILES string of the molecule is C=CC(=O)N1CCN(c2nc(=O)n(/C(C(=NC)C(C)C)=C(\C)C=C)c3nc(-c4c(Cl)c(N)c(F)c(F)c4Cl)c(F)cc23)CC1. The van der Waals surface area contributed by atoms with Gasteiger partial charge in [0.15, 0.2) is 17.3 Å². The van der Waals surface area contributed by atoms with Gasteiger partial charge in [0.2, 0.25) is 5.91 Å². The van der Waals surface area contributed by atoms with Gasteiger partial charge in [0.25, 0.3) is 0 Å². The Hall–Kier alpha value is -4.16. The number of pyridine rings is 1. The van der Waals surface area contributed by atoms with Gasteiger partial charge in [0.05, 0.1) is 32.5 Å². The van der Waals surface area contributed by atoms with E-state index >= 15 is 4.39 Å². The lowest BCUT2D eigenvalue weighted by Crippen LogP contribution is -2.49. The molecule has 0 aliphatic carbocycles. The largest absolute Gasteiger partial charge is 0.395 e. The van der Waals surface area contributed by atoms with Crippen LogP contribution in [0.25, 0.3) is 28.0 Å². The quantitative estimate of drug-likeness (QED) is 0.0874. The van der Waals surface area contributed by atoms with Gasteiger partial charge in [-0.3, -0.25) is 9.79 Å². The molecule has 2 aromatic heterocycles. The van der Waals surface area contributed by atoms with Gasteiger partial charge in [-0.1, -0.05) is 56.3 Å². The van der Waals surface area contributed by atoms with Crippen LogP contribution in [0.5, 0.6) is 0 Å². The third kappa shape index (κ3) is 5.59. The summed E-state index contributed by atoms with van der Waals surface area (Å²) in [5.41, 5.74) is 4.30. The van der Waals surface area contributed by atoms with Crippen molar-refractivity contribution in [2.45, 2.75) is 20.8 Å². The molecular formula is C30H30Cl2F3N7O2. The van der Waals surface area contributed by atoms with Crippen molar-refractivity contribution in [2.75, 3.05) is 43.9 Å². The van der Waals surface area contributed by atoms with Crippen LogP contribution < -0.4 is 16.3 Å². The van der Waals surface area contributed by atoms with Gasteiger partial charge in [-0.2, -0.15) is 4.98 Å². The van der Waals surface area contributed by atoms with E-state index in [1.807, 2.05) is 13.8 Å². The van der Waals surface area contributed by atoms with Gasteiger partial charge in [-0.05, 0) is 30.6 Å². The Morgan fingerprint density at radius 3 is 2.25 bits per heavy atom. The minimum absolute atomic E-state index is 0.0885. The Balaban J connectivity index is 2.13. The van der Waals surface area contributed by atoms with Crippen LogP contribution in [0, 0.1) is 23.4 Å². The number of piperazine rings is 1. The van der Waals surface area contributed by atoms with Crippen LogP contribution in [0.15, 0.2) is 46.7 Å². The maximum Gasteiger partial charge on any atom is 0.355 e. The summed E-state index contributed by atoms with van der Waals surface area (Å²) in [5, 5.41) is -1.28. The lowest BCUT2D eigenvalue weighted by atomic mass is 10.0. The summed E-state index contributed by atoms with van der Waals surface area (Å²) >= 11 is 12.4. The highest BCUT2D eigenvalue weighted by Crippen LogP contribution is 2.43. The second-order valence-corrected chi connectivity index (χ2v) is 11.1. The van der Waals surface area contributed by atoms with E-state index in [0.717, 1.165) is 6.07 Å². The molecule has 1 fully saturated rings. The molecule has 3 heterocycles. The van der Waals surface area contributed by atoms with E-state index in [0.29, 0.717) is 30.1 Å². The first-order valence-corrected chi connectivity index (χ1v) is 14.3. The van der Waals surface area contributed by atoms with E-state index in [1.54, 1.807) is 23.8 Å². The molecule has 0 unspecified atom stereocenters. The number of aromatic nitrogens is 3. The van der Waals surface area contributed by atoms with Crippen LogP contribution in [-0.2, 0) is 4.79 Å². The molecule has 0 atom stereocenters. The molecule has 0 bridgehead atoms. The van der Waals surface area contributed by atoms with Crippen LogP contribution in [0.3, 0.4) is 0 Å². The Labute approximate surface area is 261 Å². The summed E-state index contributed by atoms with van der Waals surface area (Å²) in [6.07, 6.45) is 2.74. The summed E-state index contributed by atoms with van der Waals surface area (Å²) < 4.78 is 46.2. The molecule has 4 rings (SSSR count). The summed E-state index contributed by atoms with van der Waals surface area (Å²) in [7, 11) is 1.56. The molecular weight excluding hydrogens is 618 g/mol. The number of anilines is 2. The molecule has 1 aromatic carbocycles. The second kappa shape index (κ2) is 12.8. The van der Waals surface area contributed by atoms with E-state index in [2.05, 4.69) is 28.1 Å². The first kappa shape index (κ1) is 32.7. The first-order valence-electron chi connectivity index (χ1n) is 13.5. The number of rotatable bonds is 7. The number of benzene rings is 1. The summed E-state index contributed by atoms with van der Waals surface area (Å²) in [6, 6.07) is 1.07. The third-order valence-electron chi connectivity index (χ3n) is 7.33. The van der Waals surface area contributed by atoms with Crippen molar-refractivity contribution >= 4 is 63.1 Å². The zero-order valence-corrected chi connectivity index (χ0v) is 26.0.